The predicted octanol–water partition coefficient (Wildman–Crippen LogP) is 4.25. The van der Waals surface area contributed by atoms with Gasteiger partial charge in [0.05, 0.1) is 19.4 Å². The lowest BCUT2D eigenvalue weighted by molar-refractivity contribution is 0.116. The van der Waals surface area contributed by atoms with Crippen LogP contribution in [0.4, 0.5) is 0 Å². The number of rotatable bonds is 17. The monoisotopic (exact) mass is 608 g/mol. The lowest BCUT2D eigenvalue weighted by Crippen LogP contribution is -2.35. The lowest BCUT2D eigenvalue weighted by Gasteiger charge is -2.32. The van der Waals surface area contributed by atoms with Gasteiger partial charge in [0.25, 0.3) is 0 Å². The number of benzene rings is 4. The second-order valence-electron chi connectivity index (χ2n) is 9.63. The van der Waals surface area contributed by atoms with Crippen LogP contribution in [-0.2, 0) is 9.30 Å². The zero-order valence-corrected chi connectivity index (χ0v) is 25.9. The van der Waals surface area contributed by atoms with E-state index in [-0.39, 0.29) is 12.7 Å². The first-order valence-corrected chi connectivity index (χ1v) is 18.7. The Morgan fingerprint density at radius 1 is 0.610 bits per heavy atom. The van der Waals surface area contributed by atoms with Gasteiger partial charge in [-0.1, -0.05) is 121 Å². The Balaban J connectivity index is 1.51. The van der Waals surface area contributed by atoms with Crippen LogP contribution in [0.3, 0.4) is 0 Å². The topological polar surface area (TPSA) is 82.0 Å². The molecule has 0 aliphatic carbocycles. The molecule has 0 saturated carbocycles. The first-order valence-electron chi connectivity index (χ1n) is 13.8. The molecular weight excluding hydrogens is 569 g/mol. The average molecular weight is 609 g/mol. The van der Waals surface area contributed by atoms with Crippen molar-refractivity contribution in [3.63, 3.8) is 0 Å². The third-order valence-corrected chi connectivity index (χ3v) is 12.4. The van der Waals surface area contributed by atoms with Gasteiger partial charge in [0, 0.05) is 32.2 Å². The third kappa shape index (κ3) is 11.2. The number of nitrogens with one attached hydrogen (secondary N) is 1. The van der Waals surface area contributed by atoms with E-state index in [1.54, 1.807) is 0 Å². The zero-order chi connectivity index (χ0) is 28.8. The molecule has 0 aromatic heterocycles. The van der Waals surface area contributed by atoms with Crippen LogP contribution in [0.1, 0.15) is 0 Å². The summed E-state index contributed by atoms with van der Waals surface area (Å²) in [5.41, 5.74) is 0. The molecule has 0 amide bonds. The minimum Gasteiger partial charge on any atom is -0.379 e. The zero-order valence-electron chi connectivity index (χ0n) is 23.2. The van der Waals surface area contributed by atoms with Crippen LogP contribution in [-0.4, -0.2) is 66.3 Å². The molecule has 0 aliphatic heterocycles. The van der Waals surface area contributed by atoms with Crippen molar-refractivity contribution in [2.24, 2.45) is 0 Å². The highest BCUT2D eigenvalue weighted by molar-refractivity contribution is 7.73. The standard InChI is InChI=1S/C32H39N2O4P3/c35-41(36,37)26-22-33-21-24-38-25-23-34(27-39(29-13-5-1-6-14-29)30-15-7-2-8-16-30)28-40(31-17-9-3-10-18-31)32-19-11-4-12-20-32/h1-20,33H,21-28H2,(H2,35,36,37). The Hall–Kier alpha value is -2.23. The van der Waals surface area contributed by atoms with Gasteiger partial charge < -0.3 is 19.8 Å². The Bertz CT molecular complexity index is 1150. The van der Waals surface area contributed by atoms with Crippen molar-refractivity contribution in [2.45, 2.75) is 0 Å². The Morgan fingerprint density at radius 2 is 1.00 bits per heavy atom. The van der Waals surface area contributed by atoms with Crippen LogP contribution < -0.4 is 26.5 Å². The Morgan fingerprint density at radius 3 is 1.37 bits per heavy atom. The summed E-state index contributed by atoms with van der Waals surface area (Å²) in [7, 11) is -5.19. The number of hydrogen-bond donors (Lipinski definition) is 3. The molecule has 41 heavy (non-hydrogen) atoms. The van der Waals surface area contributed by atoms with Crippen molar-refractivity contribution in [1.29, 1.82) is 0 Å². The van der Waals surface area contributed by atoms with Crippen LogP contribution in [0.15, 0.2) is 121 Å². The summed E-state index contributed by atoms with van der Waals surface area (Å²) in [6, 6.07) is 43.3. The van der Waals surface area contributed by atoms with Gasteiger partial charge in [0.2, 0.25) is 0 Å². The van der Waals surface area contributed by atoms with Gasteiger partial charge in [-0.3, -0.25) is 9.46 Å². The minimum absolute atomic E-state index is 0.161. The van der Waals surface area contributed by atoms with Gasteiger partial charge in [0.1, 0.15) is 0 Å². The molecule has 0 saturated heterocycles. The lowest BCUT2D eigenvalue weighted by atomic mass is 10.4. The fraction of sp³-hybridized carbons (Fsp3) is 0.250. The molecule has 9 heteroatoms. The van der Waals surface area contributed by atoms with Crippen LogP contribution in [0.25, 0.3) is 0 Å². The fourth-order valence-corrected chi connectivity index (χ4v) is 9.70. The van der Waals surface area contributed by atoms with Crippen molar-refractivity contribution >= 4 is 44.7 Å². The van der Waals surface area contributed by atoms with Crippen molar-refractivity contribution in [1.82, 2.24) is 10.2 Å². The van der Waals surface area contributed by atoms with Crippen LogP contribution in [0, 0.1) is 0 Å². The molecular formula is C32H39N2O4P3. The third-order valence-electron chi connectivity index (χ3n) is 6.51. The highest BCUT2D eigenvalue weighted by Gasteiger charge is 2.22. The summed E-state index contributed by atoms with van der Waals surface area (Å²) in [5, 5.41) is 8.49. The summed E-state index contributed by atoms with van der Waals surface area (Å²) >= 11 is 0. The molecule has 0 fully saturated rings. The molecule has 4 rings (SSSR count). The number of nitrogens with zero attached hydrogens (tertiary/aromatic N) is 1. The van der Waals surface area contributed by atoms with Crippen molar-refractivity contribution in [3.8, 4) is 0 Å². The highest BCUT2D eigenvalue weighted by Crippen LogP contribution is 2.39. The second-order valence-corrected chi connectivity index (χ2v) is 15.7. The molecule has 0 aliphatic rings. The summed E-state index contributed by atoms with van der Waals surface area (Å²) in [6.07, 6.45) is 1.68. The molecule has 6 nitrogen and oxygen atoms in total. The Kier molecular flexibility index (Phi) is 13.2. The fourth-order valence-electron chi connectivity index (χ4n) is 4.43. The summed E-state index contributed by atoms with van der Waals surface area (Å²) in [4.78, 5) is 20.6. The van der Waals surface area contributed by atoms with Crippen molar-refractivity contribution < 1.29 is 19.1 Å². The molecule has 0 heterocycles. The maximum Gasteiger partial charge on any atom is 0.326 e. The highest BCUT2D eigenvalue weighted by atomic mass is 31.2. The average Bonchev–Trinajstić information content (AvgIpc) is 3.00. The predicted molar refractivity (Wildman–Crippen MR) is 175 cm³/mol. The number of hydrogen-bond acceptors (Lipinski definition) is 4. The molecule has 0 bridgehead atoms. The molecule has 216 valence electrons. The van der Waals surface area contributed by atoms with E-state index >= 15 is 0 Å². The molecule has 0 spiro atoms. The molecule has 0 radical (unpaired) electrons. The van der Waals surface area contributed by atoms with Crippen LogP contribution in [0.5, 0.6) is 0 Å². The van der Waals surface area contributed by atoms with E-state index in [4.69, 9.17) is 14.5 Å². The first-order chi connectivity index (χ1) is 20.0. The van der Waals surface area contributed by atoms with E-state index in [1.807, 2.05) is 0 Å². The number of ether oxygens (including phenoxy) is 1. The van der Waals surface area contributed by atoms with Gasteiger partial charge in [-0.25, -0.2) is 0 Å². The molecule has 4 aromatic rings. The Labute approximate surface area is 246 Å². The van der Waals surface area contributed by atoms with Gasteiger partial charge in [0.15, 0.2) is 0 Å². The van der Waals surface area contributed by atoms with E-state index < -0.39 is 23.4 Å². The van der Waals surface area contributed by atoms with Gasteiger partial charge in [-0.15, -0.1) is 0 Å². The largest absolute Gasteiger partial charge is 0.379 e. The maximum atomic E-state index is 11.0. The van der Waals surface area contributed by atoms with E-state index in [1.165, 1.54) is 21.2 Å². The van der Waals surface area contributed by atoms with Crippen molar-refractivity contribution in [2.75, 3.05) is 51.6 Å². The summed E-state index contributed by atoms with van der Waals surface area (Å²) in [5.74, 6) is 0. The van der Waals surface area contributed by atoms with E-state index in [0.29, 0.717) is 19.8 Å². The maximum absolute atomic E-state index is 11.0. The van der Waals surface area contributed by atoms with Gasteiger partial charge in [-0.2, -0.15) is 0 Å². The summed E-state index contributed by atoms with van der Waals surface area (Å²) in [6.45, 7) is 2.70. The van der Waals surface area contributed by atoms with E-state index in [2.05, 4.69) is 132 Å². The normalized spacial score (nSPS) is 11.9. The van der Waals surface area contributed by atoms with Crippen LogP contribution in [0.2, 0.25) is 0 Å². The molecule has 0 unspecified atom stereocenters. The molecule has 4 aromatic carbocycles. The SMILES string of the molecule is O=P(O)(O)CCNCCOCCN(CP(c1ccccc1)c1ccccc1)CP(c1ccccc1)c1ccccc1. The van der Waals surface area contributed by atoms with Gasteiger partial charge >= 0.3 is 7.60 Å². The second kappa shape index (κ2) is 17.0. The smallest absolute Gasteiger partial charge is 0.326 e. The van der Waals surface area contributed by atoms with E-state index in [9.17, 15) is 4.57 Å². The van der Waals surface area contributed by atoms with Gasteiger partial charge in [-0.05, 0) is 37.1 Å². The molecule has 0 atom stereocenters. The quantitative estimate of drug-likeness (QED) is 0.123. The van der Waals surface area contributed by atoms with Crippen LogP contribution >= 0.6 is 23.4 Å². The van der Waals surface area contributed by atoms with Crippen molar-refractivity contribution in [3.05, 3.63) is 121 Å². The van der Waals surface area contributed by atoms with E-state index in [0.717, 1.165) is 19.1 Å². The summed E-state index contributed by atoms with van der Waals surface area (Å²) < 4.78 is 17.0. The minimum atomic E-state index is -3.98. The first kappa shape index (κ1) is 31.7. The molecule has 3 N–H and O–H groups in total.